The van der Waals surface area contributed by atoms with Gasteiger partial charge >= 0.3 is 0 Å². The first-order chi connectivity index (χ1) is 5.49. The topological polar surface area (TPSA) is 46.3 Å². The Labute approximate surface area is 74.9 Å². The third-order valence-corrected chi connectivity index (χ3v) is 2.04. The van der Waals surface area contributed by atoms with Gasteiger partial charge in [0.1, 0.15) is 0 Å². The second-order valence-corrected chi connectivity index (χ2v) is 3.69. The first kappa shape index (κ1) is 11.4. The predicted molar refractivity (Wildman–Crippen MR) is 50.7 cm³/mol. The van der Waals surface area contributed by atoms with E-state index in [-0.39, 0.29) is 12.5 Å². The Kier molecular flexibility index (Phi) is 4.90. The molecule has 1 amide bonds. The molecular weight excluding hydrogens is 152 g/mol. The molecule has 0 aromatic carbocycles. The van der Waals surface area contributed by atoms with Crippen LogP contribution < -0.4 is 5.73 Å². The third kappa shape index (κ3) is 3.72. The average molecular weight is 172 g/mol. The number of nitrogens with two attached hydrogens (primary N) is 1. The van der Waals surface area contributed by atoms with Crippen molar-refractivity contribution in [2.45, 2.75) is 33.2 Å². The van der Waals surface area contributed by atoms with Gasteiger partial charge in [-0.15, -0.1) is 0 Å². The molecule has 1 unspecified atom stereocenters. The lowest BCUT2D eigenvalue weighted by Crippen LogP contribution is -2.39. The molecule has 3 nitrogen and oxygen atoms in total. The molecule has 0 radical (unpaired) electrons. The number of hydrogen-bond acceptors (Lipinski definition) is 2. The van der Waals surface area contributed by atoms with Gasteiger partial charge in [-0.1, -0.05) is 13.8 Å². The van der Waals surface area contributed by atoms with E-state index in [4.69, 9.17) is 5.73 Å². The van der Waals surface area contributed by atoms with Crippen LogP contribution in [-0.4, -0.2) is 30.4 Å². The fourth-order valence-electron chi connectivity index (χ4n) is 1.23. The van der Waals surface area contributed by atoms with Gasteiger partial charge in [0.15, 0.2) is 0 Å². The van der Waals surface area contributed by atoms with Crippen molar-refractivity contribution in [3.05, 3.63) is 0 Å². The Morgan fingerprint density at radius 3 is 2.25 bits per heavy atom. The fraction of sp³-hybridized carbons (Fsp3) is 0.889. The zero-order valence-electron chi connectivity index (χ0n) is 8.50. The smallest absolute Gasteiger partial charge is 0.236 e. The van der Waals surface area contributed by atoms with E-state index in [2.05, 4.69) is 13.8 Å². The highest BCUT2D eigenvalue weighted by Crippen LogP contribution is 2.08. The average Bonchev–Trinajstić information content (AvgIpc) is 2.00. The van der Waals surface area contributed by atoms with Crippen LogP contribution >= 0.6 is 0 Å². The molecule has 0 saturated carbocycles. The van der Waals surface area contributed by atoms with Gasteiger partial charge in [-0.2, -0.15) is 0 Å². The Morgan fingerprint density at radius 2 is 1.92 bits per heavy atom. The minimum Gasteiger partial charge on any atom is -0.342 e. The van der Waals surface area contributed by atoms with Crippen molar-refractivity contribution in [3.8, 4) is 0 Å². The summed E-state index contributed by atoms with van der Waals surface area (Å²) in [6, 6.07) is 0.293. The Balaban J connectivity index is 3.91. The quantitative estimate of drug-likeness (QED) is 0.683. The number of carbonyl (C=O) groups is 1. The second kappa shape index (κ2) is 5.14. The molecule has 0 aliphatic carbocycles. The maximum Gasteiger partial charge on any atom is 0.236 e. The number of amides is 1. The van der Waals surface area contributed by atoms with E-state index in [0.717, 1.165) is 6.42 Å². The van der Waals surface area contributed by atoms with Crippen LogP contribution in [0.2, 0.25) is 0 Å². The Bertz CT molecular complexity index is 145. The van der Waals surface area contributed by atoms with Crippen LogP contribution in [-0.2, 0) is 4.79 Å². The van der Waals surface area contributed by atoms with Crippen molar-refractivity contribution in [2.24, 2.45) is 11.7 Å². The normalized spacial score (nSPS) is 13.2. The van der Waals surface area contributed by atoms with Crippen molar-refractivity contribution < 1.29 is 4.79 Å². The number of rotatable bonds is 4. The standard InChI is InChI=1S/C9H20N2O/c1-7(2)5-8(3)11(4)9(12)6-10/h7-8H,5-6,10H2,1-4H3. The minimum absolute atomic E-state index is 0.0168. The lowest BCUT2D eigenvalue weighted by atomic mass is 10.0. The monoisotopic (exact) mass is 172 g/mol. The van der Waals surface area contributed by atoms with Crippen LogP contribution in [0.1, 0.15) is 27.2 Å². The van der Waals surface area contributed by atoms with Crippen LogP contribution in [0.25, 0.3) is 0 Å². The summed E-state index contributed by atoms with van der Waals surface area (Å²) >= 11 is 0. The van der Waals surface area contributed by atoms with E-state index in [1.165, 1.54) is 0 Å². The molecule has 0 aliphatic rings. The molecule has 1 atom stereocenters. The van der Waals surface area contributed by atoms with E-state index in [1.807, 2.05) is 14.0 Å². The minimum atomic E-state index is 0.0168. The van der Waals surface area contributed by atoms with Gasteiger partial charge < -0.3 is 10.6 Å². The van der Waals surface area contributed by atoms with Gasteiger partial charge in [-0.3, -0.25) is 4.79 Å². The van der Waals surface area contributed by atoms with Gasteiger partial charge in [0.2, 0.25) is 5.91 Å². The van der Waals surface area contributed by atoms with Crippen LogP contribution in [0, 0.1) is 5.92 Å². The van der Waals surface area contributed by atoms with Crippen molar-refractivity contribution in [3.63, 3.8) is 0 Å². The molecule has 0 heterocycles. The lowest BCUT2D eigenvalue weighted by molar-refractivity contribution is -0.130. The molecule has 0 spiro atoms. The van der Waals surface area contributed by atoms with E-state index in [9.17, 15) is 4.79 Å². The zero-order valence-corrected chi connectivity index (χ0v) is 8.50. The highest BCUT2D eigenvalue weighted by molar-refractivity contribution is 5.77. The van der Waals surface area contributed by atoms with E-state index < -0.39 is 0 Å². The number of carbonyl (C=O) groups excluding carboxylic acids is 1. The fourth-order valence-corrected chi connectivity index (χ4v) is 1.23. The summed E-state index contributed by atoms with van der Waals surface area (Å²) in [5.74, 6) is 0.635. The zero-order chi connectivity index (χ0) is 9.72. The van der Waals surface area contributed by atoms with E-state index >= 15 is 0 Å². The molecular formula is C9H20N2O. The lowest BCUT2D eigenvalue weighted by Gasteiger charge is -2.25. The highest BCUT2D eigenvalue weighted by atomic mass is 16.2. The summed E-state index contributed by atoms with van der Waals surface area (Å²) in [7, 11) is 1.81. The Morgan fingerprint density at radius 1 is 1.42 bits per heavy atom. The summed E-state index contributed by atoms with van der Waals surface area (Å²) < 4.78 is 0. The van der Waals surface area contributed by atoms with Gasteiger partial charge in [0, 0.05) is 13.1 Å². The van der Waals surface area contributed by atoms with Crippen LogP contribution in [0.4, 0.5) is 0 Å². The van der Waals surface area contributed by atoms with Crippen LogP contribution in [0.15, 0.2) is 0 Å². The summed E-state index contributed by atoms with van der Waals surface area (Å²) in [6.07, 6.45) is 1.03. The summed E-state index contributed by atoms with van der Waals surface area (Å²) in [5.41, 5.74) is 5.25. The van der Waals surface area contributed by atoms with Crippen molar-refractivity contribution in [1.29, 1.82) is 0 Å². The van der Waals surface area contributed by atoms with Gasteiger partial charge in [-0.25, -0.2) is 0 Å². The van der Waals surface area contributed by atoms with Crippen molar-refractivity contribution >= 4 is 5.91 Å². The van der Waals surface area contributed by atoms with Gasteiger partial charge in [0.25, 0.3) is 0 Å². The molecule has 0 rings (SSSR count). The van der Waals surface area contributed by atoms with Crippen molar-refractivity contribution in [1.82, 2.24) is 4.90 Å². The summed E-state index contributed by atoms with van der Waals surface area (Å²) in [5, 5.41) is 0. The molecule has 0 aromatic rings. The predicted octanol–water partition coefficient (Wildman–Crippen LogP) is 0.838. The number of hydrogen-bond donors (Lipinski definition) is 1. The van der Waals surface area contributed by atoms with Gasteiger partial charge in [-0.05, 0) is 19.3 Å². The van der Waals surface area contributed by atoms with E-state index in [0.29, 0.717) is 12.0 Å². The molecule has 3 heteroatoms. The summed E-state index contributed by atoms with van der Waals surface area (Å²) in [4.78, 5) is 12.9. The largest absolute Gasteiger partial charge is 0.342 e. The maximum absolute atomic E-state index is 11.1. The molecule has 0 bridgehead atoms. The number of likely N-dealkylation sites (N-methyl/N-ethyl adjacent to an activating group) is 1. The molecule has 0 aliphatic heterocycles. The van der Waals surface area contributed by atoms with E-state index in [1.54, 1.807) is 4.90 Å². The number of nitrogens with zero attached hydrogens (tertiary/aromatic N) is 1. The second-order valence-electron chi connectivity index (χ2n) is 3.69. The molecule has 2 N–H and O–H groups in total. The summed E-state index contributed by atoms with van der Waals surface area (Å²) in [6.45, 7) is 6.46. The molecule has 0 saturated heterocycles. The third-order valence-electron chi connectivity index (χ3n) is 2.04. The van der Waals surface area contributed by atoms with Crippen LogP contribution in [0.5, 0.6) is 0 Å². The molecule has 0 fully saturated rings. The first-order valence-electron chi connectivity index (χ1n) is 4.44. The SMILES string of the molecule is CC(C)CC(C)N(C)C(=O)CN. The van der Waals surface area contributed by atoms with Crippen molar-refractivity contribution in [2.75, 3.05) is 13.6 Å². The van der Waals surface area contributed by atoms with Gasteiger partial charge in [0.05, 0.1) is 6.54 Å². The molecule has 0 aromatic heterocycles. The molecule has 72 valence electrons. The highest BCUT2D eigenvalue weighted by Gasteiger charge is 2.14. The Hall–Kier alpha value is -0.570. The maximum atomic E-state index is 11.1. The molecule has 12 heavy (non-hydrogen) atoms. The van der Waals surface area contributed by atoms with Crippen LogP contribution in [0.3, 0.4) is 0 Å². The first-order valence-corrected chi connectivity index (χ1v) is 4.44.